The lowest BCUT2D eigenvalue weighted by atomic mass is 9.75. The summed E-state index contributed by atoms with van der Waals surface area (Å²) >= 11 is 0. The van der Waals surface area contributed by atoms with Crippen LogP contribution in [0.15, 0.2) is 18.2 Å². The highest BCUT2D eigenvalue weighted by molar-refractivity contribution is 6.00. The maximum absolute atomic E-state index is 12.8. The van der Waals surface area contributed by atoms with Gasteiger partial charge in [-0.1, -0.05) is 12.8 Å². The predicted octanol–water partition coefficient (Wildman–Crippen LogP) is 3.56. The number of hydrogen-bond acceptors (Lipinski definition) is 4. The Morgan fingerprint density at radius 3 is 2.26 bits per heavy atom. The molecule has 1 aromatic carbocycles. The highest BCUT2D eigenvalue weighted by Crippen LogP contribution is 2.35. The average Bonchev–Trinajstić information content (AvgIpc) is 2.56. The van der Waals surface area contributed by atoms with Crippen LogP contribution in [0.3, 0.4) is 0 Å². The van der Waals surface area contributed by atoms with Crippen molar-refractivity contribution in [3.05, 3.63) is 23.8 Å². The summed E-state index contributed by atoms with van der Waals surface area (Å²) in [6, 6.07) is 5.09. The van der Waals surface area contributed by atoms with Gasteiger partial charge in [-0.25, -0.2) is 0 Å². The van der Waals surface area contributed by atoms with E-state index in [-0.39, 0.29) is 5.78 Å². The van der Waals surface area contributed by atoms with Crippen molar-refractivity contribution < 1.29 is 24.2 Å². The molecule has 0 aromatic heterocycles. The van der Waals surface area contributed by atoms with Crippen LogP contribution in [0, 0.1) is 11.8 Å². The largest absolute Gasteiger partial charge is 0.490 e. The third kappa shape index (κ3) is 4.03. The van der Waals surface area contributed by atoms with Gasteiger partial charge >= 0.3 is 5.97 Å². The van der Waals surface area contributed by atoms with Crippen LogP contribution < -0.4 is 9.47 Å². The monoisotopic (exact) mass is 320 g/mol. The number of ketones is 1. The summed E-state index contributed by atoms with van der Waals surface area (Å²) in [4.78, 5) is 24.2. The van der Waals surface area contributed by atoms with Crippen molar-refractivity contribution in [3.8, 4) is 11.5 Å². The number of rotatable bonds is 7. The van der Waals surface area contributed by atoms with E-state index in [1.54, 1.807) is 18.2 Å². The van der Waals surface area contributed by atoms with Crippen LogP contribution in [0.4, 0.5) is 0 Å². The van der Waals surface area contributed by atoms with Crippen molar-refractivity contribution >= 4 is 11.8 Å². The minimum atomic E-state index is -0.876. The van der Waals surface area contributed by atoms with Crippen molar-refractivity contribution in [1.82, 2.24) is 0 Å². The molecule has 1 N–H and O–H groups in total. The average molecular weight is 320 g/mol. The fraction of sp³-hybridized carbons (Fsp3) is 0.556. The summed E-state index contributed by atoms with van der Waals surface area (Å²) in [6.45, 7) is 4.73. The Morgan fingerprint density at radius 1 is 1.04 bits per heavy atom. The molecule has 126 valence electrons. The highest BCUT2D eigenvalue weighted by atomic mass is 16.5. The molecular formula is C18H24O5. The predicted molar refractivity (Wildman–Crippen MR) is 86.2 cm³/mol. The lowest BCUT2D eigenvalue weighted by Gasteiger charge is -2.27. The highest BCUT2D eigenvalue weighted by Gasteiger charge is 2.36. The zero-order valence-corrected chi connectivity index (χ0v) is 13.7. The normalized spacial score (nSPS) is 20.8. The molecule has 2 unspecified atom stereocenters. The summed E-state index contributed by atoms with van der Waals surface area (Å²) < 4.78 is 11.0. The number of carboxylic acid groups (broad SMARTS) is 1. The molecule has 1 aromatic rings. The third-order valence-electron chi connectivity index (χ3n) is 4.25. The quantitative estimate of drug-likeness (QED) is 0.778. The van der Waals surface area contributed by atoms with Gasteiger partial charge in [-0.15, -0.1) is 0 Å². The van der Waals surface area contributed by atoms with Crippen LogP contribution in [0.1, 0.15) is 49.9 Å². The molecule has 0 aliphatic heterocycles. The molecule has 0 amide bonds. The molecule has 2 atom stereocenters. The third-order valence-corrected chi connectivity index (χ3v) is 4.25. The minimum absolute atomic E-state index is 0.110. The van der Waals surface area contributed by atoms with Gasteiger partial charge in [0.25, 0.3) is 0 Å². The van der Waals surface area contributed by atoms with Crippen LogP contribution >= 0.6 is 0 Å². The Hall–Kier alpha value is -2.04. The molecule has 0 heterocycles. The zero-order chi connectivity index (χ0) is 16.8. The Labute approximate surface area is 136 Å². The molecule has 0 bridgehead atoms. The SMILES string of the molecule is CCOc1ccc(C(=O)C2CCCCC2C(=O)O)cc1OCC. The van der Waals surface area contributed by atoms with Crippen LogP contribution in [-0.4, -0.2) is 30.1 Å². The van der Waals surface area contributed by atoms with Crippen molar-refractivity contribution in [2.45, 2.75) is 39.5 Å². The molecule has 1 saturated carbocycles. The smallest absolute Gasteiger partial charge is 0.307 e. The van der Waals surface area contributed by atoms with Crippen LogP contribution in [-0.2, 0) is 4.79 Å². The molecule has 0 saturated heterocycles. The van der Waals surface area contributed by atoms with E-state index in [2.05, 4.69) is 0 Å². The summed E-state index contributed by atoms with van der Waals surface area (Å²) in [5, 5.41) is 9.36. The second-order valence-electron chi connectivity index (χ2n) is 5.73. The van der Waals surface area contributed by atoms with Gasteiger partial charge in [0.1, 0.15) is 0 Å². The number of carbonyl (C=O) groups excluding carboxylic acids is 1. The summed E-state index contributed by atoms with van der Waals surface area (Å²) in [5.41, 5.74) is 0.495. The first-order valence-electron chi connectivity index (χ1n) is 8.25. The van der Waals surface area contributed by atoms with Crippen molar-refractivity contribution in [1.29, 1.82) is 0 Å². The lowest BCUT2D eigenvalue weighted by molar-refractivity contribution is -0.144. The van der Waals surface area contributed by atoms with E-state index in [0.717, 1.165) is 12.8 Å². The molecular weight excluding hydrogens is 296 g/mol. The number of aliphatic carboxylic acids is 1. The van der Waals surface area contributed by atoms with Gasteiger partial charge in [-0.2, -0.15) is 0 Å². The molecule has 0 radical (unpaired) electrons. The maximum atomic E-state index is 12.8. The first kappa shape index (κ1) is 17.3. The summed E-state index contributed by atoms with van der Waals surface area (Å²) in [5.74, 6) is -0.889. The van der Waals surface area contributed by atoms with E-state index in [4.69, 9.17) is 9.47 Å². The first-order chi connectivity index (χ1) is 11.1. The second kappa shape index (κ2) is 7.99. The van der Waals surface area contributed by atoms with Crippen LogP contribution in [0.25, 0.3) is 0 Å². The molecule has 23 heavy (non-hydrogen) atoms. The molecule has 1 fully saturated rings. The number of carboxylic acids is 1. The van der Waals surface area contributed by atoms with E-state index >= 15 is 0 Å². The van der Waals surface area contributed by atoms with Crippen molar-refractivity contribution in [2.24, 2.45) is 11.8 Å². The molecule has 2 rings (SSSR count). The van der Waals surface area contributed by atoms with Gasteiger partial charge in [0, 0.05) is 11.5 Å². The lowest BCUT2D eigenvalue weighted by Crippen LogP contribution is -2.32. The van der Waals surface area contributed by atoms with Crippen LogP contribution in [0.2, 0.25) is 0 Å². The van der Waals surface area contributed by atoms with E-state index in [0.29, 0.717) is 43.1 Å². The fourth-order valence-corrected chi connectivity index (χ4v) is 3.16. The Kier molecular flexibility index (Phi) is 6.02. The van der Waals surface area contributed by atoms with E-state index < -0.39 is 17.8 Å². The molecule has 5 nitrogen and oxygen atoms in total. The fourth-order valence-electron chi connectivity index (χ4n) is 3.16. The minimum Gasteiger partial charge on any atom is -0.490 e. The van der Waals surface area contributed by atoms with Gasteiger partial charge in [0.2, 0.25) is 0 Å². The molecule has 1 aliphatic rings. The van der Waals surface area contributed by atoms with Gasteiger partial charge in [0.15, 0.2) is 17.3 Å². The number of carbonyl (C=O) groups is 2. The zero-order valence-electron chi connectivity index (χ0n) is 13.7. The van der Waals surface area contributed by atoms with Gasteiger partial charge < -0.3 is 14.6 Å². The van der Waals surface area contributed by atoms with Crippen molar-refractivity contribution in [2.75, 3.05) is 13.2 Å². The Morgan fingerprint density at radius 2 is 1.65 bits per heavy atom. The summed E-state index contributed by atoms with van der Waals surface area (Å²) in [7, 11) is 0. The van der Waals surface area contributed by atoms with Gasteiger partial charge in [-0.05, 0) is 44.9 Å². The van der Waals surface area contributed by atoms with Gasteiger partial charge in [-0.3, -0.25) is 9.59 Å². The molecule has 0 spiro atoms. The van der Waals surface area contributed by atoms with Gasteiger partial charge in [0.05, 0.1) is 19.1 Å². The number of hydrogen-bond donors (Lipinski definition) is 1. The Balaban J connectivity index is 2.27. The van der Waals surface area contributed by atoms with Crippen molar-refractivity contribution in [3.63, 3.8) is 0 Å². The van der Waals surface area contributed by atoms with Crippen LogP contribution in [0.5, 0.6) is 11.5 Å². The number of Topliss-reactive ketones (excluding diaryl/α,β-unsaturated/α-hetero) is 1. The Bertz CT molecular complexity index is 567. The summed E-state index contributed by atoms with van der Waals surface area (Å²) in [6.07, 6.45) is 2.97. The van der Waals surface area contributed by atoms with E-state index in [1.807, 2.05) is 13.8 Å². The standard InChI is InChI=1S/C18H24O5/c1-3-22-15-10-9-12(11-16(15)23-4-2)17(19)13-7-5-6-8-14(13)18(20)21/h9-11,13-14H,3-8H2,1-2H3,(H,20,21). The maximum Gasteiger partial charge on any atom is 0.307 e. The molecule has 5 heteroatoms. The number of ether oxygens (including phenoxy) is 2. The topological polar surface area (TPSA) is 72.8 Å². The van der Waals surface area contributed by atoms with E-state index in [9.17, 15) is 14.7 Å². The molecule has 1 aliphatic carbocycles. The van der Waals surface area contributed by atoms with E-state index in [1.165, 1.54) is 0 Å². The first-order valence-corrected chi connectivity index (χ1v) is 8.25. The second-order valence-corrected chi connectivity index (χ2v) is 5.73. The number of benzene rings is 1.